The number of nitrogen functional groups attached to an aromatic ring is 1. The summed E-state index contributed by atoms with van der Waals surface area (Å²) in [5.74, 6) is 1.28. The fourth-order valence-electron chi connectivity index (χ4n) is 2.97. The molecule has 1 atom stereocenters. The Balaban J connectivity index is 1.58. The topological polar surface area (TPSA) is 77.2 Å². The minimum absolute atomic E-state index is 0.0428. The van der Waals surface area contributed by atoms with Crippen molar-refractivity contribution in [2.24, 2.45) is 0 Å². The number of carbonyl (C=O) groups excluding carboxylic acids is 1. The maximum atomic E-state index is 12.0. The van der Waals surface area contributed by atoms with E-state index in [1.165, 1.54) is 11.3 Å². The number of nitrogens with one attached hydrogen (secondary N) is 1. The van der Waals surface area contributed by atoms with Crippen LogP contribution in [0.4, 0.5) is 10.9 Å². The number of nitrogens with two attached hydrogens (primary N) is 1. The van der Waals surface area contributed by atoms with E-state index in [9.17, 15) is 4.79 Å². The minimum Gasteiger partial charge on any atom is -0.489 e. The number of aromatic nitrogens is 1. The maximum absolute atomic E-state index is 12.0. The lowest BCUT2D eigenvalue weighted by atomic mass is 9.91. The number of hydrogen-bond acceptors (Lipinski definition) is 5. The third-order valence-corrected chi connectivity index (χ3v) is 5.14. The molecule has 0 saturated carbocycles. The SMILES string of the molecule is Nc1nc2c(s1)C(c1cccc(OCc3ccccc3)c1)CC(=O)N2. The van der Waals surface area contributed by atoms with Gasteiger partial charge in [0.05, 0.1) is 4.88 Å². The van der Waals surface area contributed by atoms with Gasteiger partial charge in [0.2, 0.25) is 5.91 Å². The van der Waals surface area contributed by atoms with Crippen molar-refractivity contribution >= 4 is 28.2 Å². The third kappa shape index (κ3) is 3.34. The third-order valence-electron chi connectivity index (χ3n) is 4.14. The number of ether oxygens (including phenoxy) is 1. The molecule has 0 radical (unpaired) electrons. The van der Waals surface area contributed by atoms with Gasteiger partial charge in [0.1, 0.15) is 18.2 Å². The van der Waals surface area contributed by atoms with Crippen molar-refractivity contribution in [3.8, 4) is 5.75 Å². The van der Waals surface area contributed by atoms with E-state index >= 15 is 0 Å². The molecule has 2 heterocycles. The molecule has 1 aromatic heterocycles. The number of carbonyl (C=O) groups is 1. The number of rotatable bonds is 4. The summed E-state index contributed by atoms with van der Waals surface area (Å²) in [5.41, 5.74) is 7.96. The molecule has 1 aliphatic rings. The van der Waals surface area contributed by atoms with Crippen LogP contribution in [0.1, 0.15) is 28.3 Å². The molecule has 25 heavy (non-hydrogen) atoms. The number of amides is 1. The van der Waals surface area contributed by atoms with Crippen LogP contribution >= 0.6 is 11.3 Å². The highest BCUT2D eigenvalue weighted by Gasteiger charge is 2.30. The molecule has 1 amide bonds. The molecular weight excluding hydrogens is 334 g/mol. The first-order valence-electron chi connectivity index (χ1n) is 8.02. The zero-order valence-corrected chi connectivity index (χ0v) is 14.3. The molecule has 0 saturated heterocycles. The zero-order chi connectivity index (χ0) is 17.2. The van der Waals surface area contributed by atoms with E-state index < -0.39 is 0 Å². The summed E-state index contributed by atoms with van der Waals surface area (Å²) in [6.45, 7) is 0.508. The molecule has 0 spiro atoms. The lowest BCUT2D eigenvalue weighted by Gasteiger charge is -2.22. The molecule has 6 heteroatoms. The van der Waals surface area contributed by atoms with Gasteiger partial charge in [-0.25, -0.2) is 4.98 Å². The summed E-state index contributed by atoms with van der Waals surface area (Å²) in [6, 6.07) is 17.9. The number of thiazole rings is 1. The normalized spacial score (nSPS) is 16.2. The van der Waals surface area contributed by atoms with Crippen LogP contribution in [-0.2, 0) is 11.4 Å². The lowest BCUT2D eigenvalue weighted by molar-refractivity contribution is -0.116. The summed E-state index contributed by atoms with van der Waals surface area (Å²) in [7, 11) is 0. The number of nitrogens with zero attached hydrogens (tertiary/aromatic N) is 1. The average Bonchev–Trinajstić information content (AvgIpc) is 3.00. The highest BCUT2D eigenvalue weighted by molar-refractivity contribution is 7.16. The fourth-order valence-corrected chi connectivity index (χ4v) is 3.88. The van der Waals surface area contributed by atoms with Gasteiger partial charge in [-0.3, -0.25) is 4.79 Å². The van der Waals surface area contributed by atoms with Gasteiger partial charge < -0.3 is 15.8 Å². The van der Waals surface area contributed by atoms with Crippen molar-refractivity contribution in [1.29, 1.82) is 0 Å². The van der Waals surface area contributed by atoms with E-state index in [-0.39, 0.29) is 11.8 Å². The maximum Gasteiger partial charge on any atom is 0.226 e. The molecule has 3 N–H and O–H groups in total. The second-order valence-electron chi connectivity index (χ2n) is 5.92. The Morgan fingerprint density at radius 3 is 2.88 bits per heavy atom. The van der Waals surface area contributed by atoms with E-state index in [4.69, 9.17) is 10.5 Å². The lowest BCUT2D eigenvalue weighted by Crippen LogP contribution is -2.22. The van der Waals surface area contributed by atoms with Crippen LogP contribution in [-0.4, -0.2) is 10.9 Å². The molecule has 0 aliphatic carbocycles. The number of benzene rings is 2. The molecule has 5 nitrogen and oxygen atoms in total. The van der Waals surface area contributed by atoms with E-state index in [1.807, 2.05) is 54.6 Å². The highest BCUT2D eigenvalue weighted by atomic mass is 32.1. The Morgan fingerprint density at radius 2 is 2.04 bits per heavy atom. The predicted octanol–water partition coefficient (Wildman–Crippen LogP) is 3.78. The number of fused-ring (bicyclic) bond motifs is 1. The first-order chi connectivity index (χ1) is 12.2. The van der Waals surface area contributed by atoms with Gasteiger partial charge in [-0.05, 0) is 23.3 Å². The Labute approximate surface area is 149 Å². The Morgan fingerprint density at radius 1 is 1.20 bits per heavy atom. The smallest absolute Gasteiger partial charge is 0.226 e. The van der Waals surface area contributed by atoms with Gasteiger partial charge in [0, 0.05) is 12.3 Å². The van der Waals surface area contributed by atoms with Gasteiger partial charge in [-0.1, -0.05) is 53.8 Å². The van der Waals surface area contributed by atoms with Gasteiger partial charge in [-0.15, -0.1) is 0 Å². The quantitative estimate of drug-likeness (QED) is 0.750. The fraction of sp³-hybridized carbons (Fsp3) is 0.158. The van der Waals surface area contributed by atoms with Gasteiger partial charge >= 0.3 is 0 Å². The molecule has 1 aliphatic heterocycles. The van der Waals surface area contributed by atoms with Crippen LogP contribution in [0.2, 0.25) is 0 Å². The first kappa shape index (κ1) is 15.7. The monoisotopic (exact) mass is 351 g/mol. The van der Waals surface area contributed by atoms with Crippen LogP contribution in [0.3, 0.4) is 0 Å². The highest BCUT2D eigenvalue weighted by Crippen LogP contribution is 2.42. The second kappa shape index (κ2) is 6.57. The van der Waals surface area contributed by atoms with Crippen molar-refractivity contribution in [1.82, 2.24) is 4.98 Å². The largest absolute Gasteiger partial charge is 0.489 e. The molecule has 2 aromatic carbocycles. The van der Waals surface area contributed by atoms with Crippen molar-refractivity contribution in [2.45, 2.75) is 18.9 Å². The average molecular weight is 351 g/mol. The van der Waals surface area contributed by atoms with E-state index in [0.29, 0.717) is 24.0 Å². The Hall–Kier alpha value is -2.86. The second-order valence-corrected chi connectivity index (χ2v) is 6.98. The molecule has 0 fully saturated rings. The molecule has 1 unspecified atom stereocenters. The molecular formula is C19H17N3O2S. The van der Waals surface area contributed by atoms with Crippen molar-refractivity contribution in [3.05, 3.63) is 70.6 Å². The summed E-state index contributed by atoms with van der Waals surface area (Å²) in [4.78, 5) is 17.2. The van der Waals surface area contributed by atoms with Crippen LogP contribution in [0.15, 0.2) is 54.6 Å². The van der Waals surface area contributed by atoms with Gasteiger partial charge in [-0.2, -0.15) is 0 Å². The Kier molecular flexibility index (Phi) is 4.11. The Bertz CT molecular complexity index is 908. The zero-order valence-electron chi connectivity index (χ0n) is 13.4. The van der Waals surface area contributed by atoms with Gasteiger partial charge in [0.25, 0.3) is 0 Å². The van der Waals surface area contributed by atoms with Crippen molar-refractivity contribution < 1.29 is 9.53 Å². The van der Waals surface area contributed by atoms with Gasteiger partial charge in [0.15, 0.2) is 5.13 Å². The van der Waals surface area contributed by atoms with Crippen LogP contribution < -0.4 is 15.8 Å². The van der Waals surface area contributed by atoms with Crippen molar-refractivity contribution in [2.75, 3.05) is 11.1 Å². The van der Waals surface area contributed by atoms with Crippen LogP contribution in [0.25, 0.3) is 0 Å². The summed E-state index contributed by atoms with van der Waals surface area (Å²) in [5, 5.41) is 3.26. The molecule has 3 aromatic rings. The molecule has 0 bridgehead atoms. The van der Waals surface area contributed by atoms with Crippen LogP contribution in [0.5, 0.6) is 5.75 Å². The summed E-state index contributed by atoms with van der Waals surface area (Å²) >= 11 is 1.42. The number of hydrogen-bond donors (Lipinski definition) is 2. The van der Waals surface area contributed by atoms with E-state index in [0.717, 1.165) is 21.8 Å². The predicted molar refractivity (Wildman–Crippen MR) is 98.8 cm³/mol. The van der Waals surface area contributed by atoms with E-state index in [2.05, 4.69) is 10.3 Å². The minimum atomic E-state index is -0.0431. The molecule has 4 rings (SSSR count). The first-order valence-corrected chi connectivity index (χ1v) is 8.83. The standard InChI is InChI=1S/C19H17N3O2S/c20-19-22-18-17(25-19)15(10-16(23)21-18)13-7-4-8-14(9-13)24-11-12-5-2-1-3-6-12/h1-9,15H,10-11H2,(H2,20,22)(H,21,23). The van der Waals surface area contributed by atoms with Crippen molar-refractivity contribution in [3.63, 3.8) is 0 Å². The number of anilines is 2. The van der Waals surface area contributed by atoms with Crippen LogP contribution in [0, 0.1) is 0 Å². The summed E-state index contributed by atoms with van der Waals surface area (Å²) in [6.07, 6.45) is 0.386. The molecule has 126 valence electrons. The summed E-state index contributed by atoms with van der Waals surface area (Å²) < 4.78 is 5.91. The van der Waals surface area contributed by atoms with E-state index in [1.54, 1.807) is 0 Å².